The molecule has 1 amide bonds. The number of imidazole rings is 1. The summed E-state index contributed by atoms with van der Waals surface area (Å²) in [5.74, 6) is 0.986. The molecule has 4 rings (SSSR count). The molecule has 26 heavy (non-hydrogen) atoms. The maximum atomic E-state index is 13.2. The molecular formula is C20H25ClN4O. The van der Waals surface area contributed by atoms with Crippen molar-refractivity contribution < 1.29 is 4.79 Å². The van der Waals surface area contributed by atoms with Crippen molar-refractivity contribution >= 4 is 17.5 Å². The molecule has 0 atom stereocenters. The zero-order valence-electron chi connectivity index (χ0n) is 15.2. The largest absolute Gasteiger partial charge is 0.335 e. The van der Waals surface area contributed by atoms with E-state index in [9.17, 15) is 4.79 Å². The van der Waals surface area contributed by atoms with Gasteiger partial charge in [-0.05, 0) is 50.6 Å². The molecule has 5 nitrogen and oxygen atoms in total. The lowest BCUT2D eigenvalue weighted by Gasteiger charge is -2.32. The van der Waals surface area contributed by atoms with Crippen LogP contribution in [0.15, 0.2) is 24.3 Å². The Hall–Kier alpha value is -1.85. The van der Waals surface area contributed by atoms with Gasteiger partial charge in [-0.15, -0.1) is 0 Å². The third-order valence-electron chi connectivity index (χ3n) is 5.46. The number of benzene rings is 1. The number of carbonyl (C=O) groups excluding carboxylic acids is 1. The number of hydrogen-bond acceptors (Lipinski definition) is 3. The van der Waals surface area contributed by atoms with Crippen LogP contribution in [-0.4, -0.2) is 58.5 Å². The van der Waals surface area contributed by atoms with Gasteiger partial charge < -0.3 is 14.4 Å². The van der Waals surface area contributed by atoms with E-state index in [1.54, 1.807) is 0 Å². The summed E-state index contributed by atoms with van der Waals surface area (Å²) in [5, 5.41) is 0.713. The molecular weight excluding hydrogens is 348 g/mol. The average Bonchev–Trinajstić information content (AvgIpc) is 2.84. The van der Waals surface area contributed by atoms with Crippen LogP contribution in [0.5, 0.6) is 0 Å². The van der Waals surface area contributed by atoms with Gasteiger partial charge in [-0.25, -0.2) is 4.98 Å². The fourth-order valence-electron chi connectivity index (χ4n) is 3.87. The number of piperazine rings is 1. The highest BCUT2D eigenvalue weighted by molar-refractivity contribution is 6.30. The second-order valence-electron chi connectivity index (χ2n) is 7.30. The standard InChI is InChI=1S/C20H25ClN4O/c1-23-11-13-24(14-12-23)20(26)18-17-5-3-2-4-10-25(17)19(22-18)15-6-8-16(21)9-7-15/h6-9H,2-5,10-14H2,1H3. The van der Waals surface area contributed by atoms with Crippen molar-refractivity contribution in [1.82, 2.24) is 19.4 Å². The molecule has 2 aliphatic rings. The summed E-state index contributed by atoms with van der Waals surface area (Å²) in [5.41, 5.74) is 2.78. The molecule has 0 bridgehead atoms. The Labute approximate surface area is 159 Å². The van der Waals surface area contributed by atoms with Crippen molar-refractivity contribution in [2.45, 2.75) is 32.2 Å². The Bertz CT molecular complexity index is 791. The van der Waals surface area contributed by atoms with E-state index in [0.717, 1.165) is 69.1 Å². The highest BCUT2D eigenvalue weighted by Crippen LogP contribution is 2.28. The highest BCUT2D eigenvalue weighted by atomic mass is 35.5. The first-order valence-corrected chi connectivity index (χ1v) is 9.84. The van der Waals surface area contributed by atoms with Gasteiger partial charge in [-0.3, -0.25) is 4.79 Å². The van der Waals surface area contributed by atoms with Gasteiger partial charge in [0.1, 0.15) is 11.5 Å². The lowest BCUT2D eigenvalue weighted by molar-refractivity contribution is 0.0657. The monoisotopic (exact) mass is 372 g/mol. The minimum absolute atomic E-state index is 0.0870. The van der Waals surface area contributed by atoms with Crippen LogP contribution in [0.25, 0.3) is 11.4 Å². The van der Waals surface area contributed by atoms with Crippen LogP contribution in [0.1, 0.15) is 35.4 Å². The van der Waals surface area contributed by atoms with E-state index >= 15 is 0 Å². The quantitative estimate of drug-likeness (QED) is 0.812. The normalized spacial score (nSPS) is 18.5. The van der Waals surface area contributed by atoms with Gasteiger partial charge in [0.05, 0.1) is 5.69 Å². The van der Waals surface area contributed by atoms with Crippen molar-refractivity contribution in [1.29, 1.82) is 0 Å². The number of aromatic nitrogens is 2. The van der Waals surface area contributed by atoms with Crippen LogP contribution >= 0.6 is 11.6 Å². The second-order valence-corrected chi connectivity index (χ2v) is 7.73. The van der Waals surface area contributed by atoms with Crippen molar-refractivity contribution in [3.63, 3.8) is 0 Å². The summed E-state index contributed by atoms with van der Waals surface area (Å²) >= 11 is 6.05. The first-order chi connectivity index (χ1) is 12.6. The number of carbonyl (C=O) groups is 1. The smallest absolute Gasteiger partial charge is 0.274 e. The topological polar surface area (TPSA) is 41.4 Å². The van der Waals surface area contributed by atoms with Crippen LogP contribution in [0.3, 0.4) is 0 Å². The fraction of sp³-hybridized carbons (Fsp3) is 0.500. The number of rotatable bonds is 2. The van der Waals surface area contributed by atoms with Gasteiger partial charge in [-0.2, -0.15) is 0 Å². The predicted octanol–water partition coefficient (Wildman–Crippen LogP) is 3.32. The van der Waals surface area contributed by atoms with E-state index in [1.165, 1.54) is 6.42 Å². The molecule has 1 aromatic carbocycles. The molecule has 1 aromatic heterocycles. The number of halogens is 1. The van der Waals surface area contributed by atoms with Crippen molar-refractivity contribution in [2.24, 2.45) is 0 Å². The molecule has 0 spiro atoms. The summed E-state index contributed by atoms with van der Waals surface area (Å²) in [7, 11) is 2.10. The lowest BCUT2D eigenvalue weighted by Crippen LogP contribution is -2.47. The molecule has 2 aromatic rings. The summed E-state index contributed by atoms with van der Waals surface area (Å²) < 4.78 is 2.26. The van der Waals surface area contributed by atoms with Crippen LogP contribution in [0, 0.1) is 0 Å². The Morgan fingerprint density at radius 2 is 1.73 bits per heavy atom. The third kappa shape index (κ3) is 3.38. The molecule has 2 aliphatic heterocycles. The zero-order valence-corrected chi connectivity index (χ0v) is 16.0. The van der Waals surface area contributed by atoms with Gasteiger partial charge in [-0.1, -0.05) is 18.0 Å². The van der Waals surface area contributed by atoms with E-state index in [4.69, 9.17) is 16.6 Å². The first kappa shape index (κ1) is 17.6. The van der Waals surface area contributed by atoms with Crippen molar-refractivity contribution in [3.8, 4) is 11.4 Å². The van der Waals surface area contributed by atoms with Crippen LogP contribution in [-0.2, 0) is 13.0 Å². The zero-order chi connectivity index (χ0) is 18.1. The minimum atomic E-state index is 0.0870. The lowest BCUT2D eigenvalue weighted by atomic mass is 10.1. The maximum Gasteiger partial charge on any atom is 0.274 e. The third-order valence-corrected chi connectivity index (χ3v) is 5.72. The molecule has 0 N–H and O–H groups in total. The van der Waals surface area contributed by atoms with Crippen LogP contribution in [0.4, 0.5) is 0 Å². The SMILES string of the molecule is CN1CCN(C(=O)c2nc(-c3ccc(Cl)cc3)n3c2CCCCC3)CC1. The number of nitrogens with zero attached hydrogens (tertiary/aromatic N) is 4. The number of likely N-dealkylation sites (N-methyl/N-ethyl adjacent to an activating group) is 1. The van der Waals surface area contributed by atoms with E-state index in [2.05, 4.69) is 16.5 Å². The maximum absolute atomic E-state index is 13.2. The summed E-state index contributed by atoms with van der Waals surface area (Å²) in [6, 6.07) is 7.76. The molecule has 0 radical (unpaired) electrons. The Morgan fingerprint density at radius 1 is 1.00 bits per heavy atom. The Morgan fingerprint density at radius 3 is 2.46 bits per heavy atom. The van der Waals surface area contributed by atoms with E-state index in [-0.39, 0.29) is 5.91 Å². The average molecular weight is 373 g/mol. The summed E-state index contributed by atoms with van der Waals surface area (Å²) in [4.78, 5) is 22.3. The van der Waals surface area contributed by atoms with Crippen molar-refractivity contribution in [3.05, 3.63) is 40.7 Å². The molecule has 0 saturated carbocycles. The van der Waals surface area contributed by atoms with E-state index < -0.39 is 0 Å². The summed E-state index contributed by atoms with van der Waals surface area (Å²) in [6.45, 7) is 4.32. The molecule has 6 heteroatoms. The highest BCUT2D eigenvalue weighted by Gasteiger charge is 2.28. The van der Waals surface area contributed by atoms with E-state index in [1.807, 2.05) is 29.2 Å². The summed E-state index contributed by atoms with van der Waals surface area (Å²) in [6.07, 6.45) is 4.38. The second kappa shape index (κ2) is 7.41. The number of hydrogen-bond donors (Lipinski definition) is 0. The van der Waals surface area contributed by atoms with Gasteiger partial charge >= 0.3 is 0 Å². The number of fused-ring (bicyclic) bond motifs is 1. The molecule has 0 aliphatic carbocycles. The van der Waals surface area contributed by atoms with E-state index in [0.29, 0.717) is 10.7 Å². The molecule has 0 unspecified atom stereocenters. The molecule has 138 valence electrons. The van der Waals surface area contributed by atoms with Gasteiger partial charge in [0.2, 0.25) is 0 Å². The van der Waals surface area contributed by atoms with Crippen molar-refractivity contribution in [2.75, 3.05) is 33.2 Å². The molecule has 3 heterocycles. The minimum Gasteiger partial charge on any atom is -0.335 e. The molecule has 1 saturated heterocycles. The van der Waals surface area contributed by atoms with Crippen LogP contribution in [0.2, 0.25) is 5.02 Å². The Balaban J connectivity index is 1.72. The molecule has 1 fully saturated rings. The van der Waals surface area contributed by atoms with Gasteiger partial charge in [0, 0.05) is 43.3 Å². The predicted molar refractivity (Wildman–Crippen MR) is 104 cm³/mol. The van der Waals surface area contributed by atoms with Gasteiger partial charge in [0.15, 0.2) is 0 Å². The fourth-order valence-corrected chi connectivity index (χ4v) is 4.00. The first-order valence-electron chi connectivity index (χ1n) is 9.46. The van der Waals surface area contributed by atoms with Crippen LogP contribution < -0.4 is 0 Å². The number of amides is 1. The Kier molecular flexibility index (Phi) is 5.00. The van der Waals surface area contributed by atoms with Gasteiger partial charge in [0.25, 0.3) is 5.91 Å².